The molecule has 0 spiro atoms. The molecule has 0 fully saturated rings. The number of fused-ring (bicyclic) bond motifs is 1. The van der Waals surface area contributed by atoms with Gasteiger partial charge in [-0.2, -0.15) is 13.2 Å². The molecule has 1 aliphatic rings. The van der Waals surface area contributed by atoms with E-state index in [1.165, 1.54) is 23.2 Å². The molecule has 0 aliphatic carbocycles. The van der Waals surface area contributed by atoms with E-state index in [1.54, 1.807) is 12.1 Å². The van der Waals surface area contributed by atoms with E-state index in [4.69, 9.17) is 0 Å². The highest BCUT2D eigenvalue weighted by Crippen LogP contribution is 2.30. The molecule has 0 bridgehead atoms. The fourth-order valence-electron chi connectivity index (χ4n) is 3.42. The zero-order valence-electron chi connectivity index (χ0n) is 15.4. The monoisotopic (exact) mass is 416 g/mol. The quantitative estimate of drug-likeness (QED) is 0.709. The zero-order chi connectivity index (χ0) is 21.5. The van der Waals surface area contributed by atoms with Crippen LogP contribution in [0.3, 0.4) is 0 Å². The largest absolute Gasteiger partial charge is 0.480 e. The summed E-state index contributed by atoms with van der Waals surface area (Å²) in [5, 5.41) is 17.1. The minimum absolute atomic E-state index is 0.0788. The number of hydrogen-bond acceptors (Lipinski definition) is 4. The Kier molecular flexibility index (Phi) is 4.76. The second-order valence-electron chi connectivity index (χ2n) is 6.86. The smallest absolute Gasteiger partial charge is 0.416 e. The molecule has 1 unspecified atom stereocenters. The van der Waals surface area contributed by atoms with Crippen LogP contribution in [0.25, 0.3) is 5.69 Å². The molecule has 1 amide bonds. The van der Waals surface area contributed by atoms with Gasteiger partial charge in [0.05, 0.1) is 17.4 Å². The topological polar surface area (TPSA) is 88.3 Å². The van der Waals surface area contributed by atoms with Gasteiger partial charge in [-0.15, -0.1) is 5.10 Å². The van der Waals surface area contributed by atoms with Gasteiger partial charge in [0.2, 0.25) is 0 Å². The summed E-state index contributed by atoms with van der Waals surface area (Å²) in [4.78, 5) is 25.9. The van der Waals surface area contributed by atoms with E-state index in [1.807, 2.05) is 12.1 Å². The van der Waals surface area contributed by atoms with Crippen molar-refractivity contribution in [3.63, 3.8) is 0 Å². The number of rotatable bonds is 3. The molecule has 1 aliphatic heterocycles. The van der Waals surface area contributed by atoms with Gasteiger partial charge in [0, 0.05) is 13.0 Å². The van der Waals surface area contributed by atoms with Gasteiger partial charge in [-0.3, -0.25) is 4.79 Å². The van der Waals surface area contributed by atoms with Crippen LogP contribution >= 0.6 is 0 Å². The summed E-state index contributed by atoms with van der Waals surface area (Å²) in [7, 11) is 0. The van der Waals surface area contributed by atoms with E-state index in [9.17, 15) is 27.9 Å². The minimum atomic E-state index is -4.52. The average Bonchev–Trinajstić information content (AvgIpc) is 3.22. The number of amides is 1. The first kappa shape index (κ1) is 19.6. The minimum Gasteiger partial charge on any atom is -0.480 e. The Balaban J connectivity index is 1.63. The first-order valence-corrected chi connectivity index (χ1v) is 8.94. The summed E-state index contributed by atoms with van der Waals surface area (Å²) in [6, 6.07) is 10.6. The van der Waals surface area contributed by atoms with Crippen LogP contribution in [0.5, 0.6) is 0 Å². The number of nitrogens with zero attached hydrogens (tertiary/aromatic N) is 4. The number of hydrogen-bond donors (Lipinski definition) is 1. The molecule has 4 rings (SSSR count). The van der Waals surface area contributed by atoms with E-state index in [2.05, 4.69) is 10.3 Å². The molecule has 1 N–H and O–H groups in total. The maximum atomic E-state index is 13.0. The van der Waals surface area contributed by atoms with Crippen molar-refractivity contribution in [1.82, 2.24) is 19.9 Å². The third-order valence-corrected chi connectivity index (χ3v) is 4.95. The van der Waals surface area contributed by atoms with Crippen LogP contribution in [0.4, 0.5) is 13.2 Å². The number of carbonyl (C=O) groups is 2. The summed E-state index contributed by atoms with van der Waals surface area (Å²) < 4.78 is 39.9. The summed E-state index contributed by atoms with van der Waals surface area (Å²) in [5.74, 6) is -1.81. The lowest BCUT2D eigenvalue weighted by molar-refractivity contribution is -0.143. The average molecular weight is 416 g/mol. The van der Waals surface area contributed by atoms with Gasteiger partial charge in [-0.25, -0.2) is 9.48 Å². The third-order valence-electron chi connectivity index (χ3n) is 4.95. The predicted octanol–water partition coefficient (Wildman–Crippen LogP) is 2.94. The summed E-state index contributed by atoms with van der Waals surface area (Å²) in [6.45, 7) is 0.0857. The van der Waals surface area contributed by atoms with E-state index >= 15 is 0 Å². The Hall–Kier alpha value is -3.69. The number of benzene rings is 2. The van der Waals surface area contributed by atoms with Gasteiger partial charge in [0.15, 0.2) is 5.69 Å². The molecule has 10 heteroatoms. The lowest BCUT2D eigenvalue weighted by Gasteiger charge is -2.33. The van der Waals surface area contributed by atoms with Gasteiger partial charge in [0.1, 0.15) is 6.04 Å². The second-order valence-corrected chi connectivity index (χ2v) is 6.86. The number of halogens is 3. The molecule has 2 aromatic carbocycles. The van der Waals surface area contributed by atoms with Crippen LogP contribution in [-0.4, -0.2) is 42.9 Å². The van der Waals surface area contributed by atoms with Crippen molar-refractivity contribution in [3.8, 4) is 5.69 Å². The van der Waals surface area contributed by atoms with Crippen molar-refractivity contribution < 1.29 is 27.9 Å². The van der Waals surface area contributed by atoms with E-state index in [0.29, 0.717) is 0 Å². The Morgan fingerprint density at radius 3 is 2.50 bits per heavy atom. The van der Waals surface area contributed by atoms with Crippen molar-refractivity contribution in [2.24, 2.45) is 0 Å². The number of carboxylic acid groups (broad SMARTS) is 1. The van der Waals surface area contributed by atoms with Crippen molar-refractivity contribution >= 4 is 11.9 Å². The molecule has 0 saturated carbocycles. The Morgan fingerprint density at radius 1 is 1.07 bits per heavy atom. The van der Waals surface area contributed by atoms with Crippen LogP contribution in [0.15, 0.2) is 54.7 Å². The van der Waals surface area contributed by atoms with Gasteiger partial charge >= 0.3 is 12.1 Å². The number of alkyl halides is 3. The molecular weight excluding hydrogens is 401 g/mol. The molecule has 2 heterocycles. The van der Waals surface area contributed by atoms with Crippen LogP contribution in [0.2, 0.25) is 0 Å². The highest BCUT2D eigenvalue weighted by Gasteiger charge is 2.36. The first-order valence-electron chi connectivity index (χ1n) is 8.94. The number of carbonyl (C=O) groups excluding carboxylic acids is 1. The molecule has 1 aromatic heterocycles. The van der Waals surface area contributed by atoms with Gasteiger partial charge in [-0.1, -0.05) is 35.5 Å². The molecule has 30 heavy (non-hydrogen) atoms. The van der Waals surface area contributed by atoms with Crippen molar-refractivity contribution in [2.45, 2.75) is 25.2 Å². The molecule has 1 atom stereocenters. The van der Waals surface area contributed by atoms with Crippen LogP contribution < -0.4 is 0 Å². The highest BCUT2D eigenvalue weighted by molar-refractivity contribution is 5.95. The van der Waals surface area contributed by atoms with Crippen LogP contribution in [-0.2, 0) is 23.9 Å². The van der Waals surface area contributed by atoms with E-state index in [-0.39, 0.29) is 24.3 Å². The second kappa shape index (κ2) is 7.29. The summed E-state index contributed by atoms with van der Waals surface area (Å²) in [5.41, 5.74) is 0.741. The van der Waals surface area contributed by atoms with E-state index in [0.717, 1.165) is 27.9 Å². The van der Waals surface area contributed by atoms with Crippen molar-refractivity contribution in [2.75, 3.05) is 0 Å². The Bertz CT molecular complexity index is 1130. The number of carboxylic acids is 1. The maximum absolute atomic E-state index is 13.0. The summed E-state index contributed by atoms with van der Waals surface area (Å²) >= 11 is 0. The highest BCUT2D eigenvalue weighted by atomic mass is 19.4. The van der Waals surface area contributed by atoms with E-state index < -0.39 is 29.7 Å². The summed E-state index contributed by atoms with van der Waals surface area (Å²) in [6.07, 6.45) is -3.18. The third kappa shape index (κ3) is 3.63. The normalized spacial score (nSPS) is 16.2. The van der Waals surface area contributed by atoms with Gasteiger partial charge in [0.25, 0.3) is 5.91 Å². The molecule has 7 nitrogen and oxygen atoms in total. The molecule has 0 radical (unpaired) electrons. The van der Waals surface area contributed by atoms with Gasteiger partial charge in [-0.05, 0) is 29.3 Å². The molecular formula is C20H15F3N4O3. The Morgan fingerprint density at radius 2 is 1.80 bits per heavy atom. The lowest BCUT2D eigenvalue weighted by atomic mass is 9.94. The van der Waals surface area contributed by atoms with Crippen molar-refractivity contribution in [1.29, 1.82) is 0 Å². The molecule has 154 valence electrons. The first-order chi connectivity index (χ1) is 14.2. The lowest BCUT2D eigenvalue weighted by Crippen LogP contribution is -2.48. The Labute approximate surface area is 168 Å². The fourth-order valence-corrected chi connectivity index (χ4v) is 3.42. The molecule has 0 saturated heterocycles. The molecule has 3 aromatic rings. The van der Waals surface area contributed by atoms with Crippen LogP contribution in [0.1, 0.15) is 27.2 Å². The maximum Gasteiger partial charge on any atom is 0.416 e. The number of aliphatic carboxylic acids is 1. The SMILES string of the molecule is O=C(O)C1Cc2ccccc2CN1C(=O)c1cn(-c2cccc(C(F)(F)F)c2)nn1. The zero-order valence-corrected chi connectivity index (χ0v) is 15.4. The van der Waals surface area contributed by atoms with Gasteiger partial charge < -0.3 is 10.0 Å². The number of aromatic nitrogens is 3. The van der Waals surface area contributed by atoms with Crippen LogP contribution in [0, 0.1) is 0 Å². The standard InChI is InChI=1S/C20H15F3N4O3/c21-20(22,23)14-6-3-7-15(9-14)27-11-16(24-25-27)18(28)26-10-13-5-2-1-4-12(13)8-17(26)19(29)30/h1-7,9,11,17H,8,10H2,(H,29,30). The van der Waals surface area contributed by atoms with Crippen molar-refractivity contribution in [3.05, 3.63) is 77.1 Å². The fraction of sp³-hybridized carbons (Fsp3) is 0.200. The predicted molar refractivity (Wildman–Crippen MR) is 97.8 cm³/mol.